The van der Waals surface area contributed by atoms with Gasteiger partial charge in [0.25, 0.3) is 0 Å². The first-order chi connectivity index (χ1) is 11.6. The highest BCUT2D eigenvalue weighted by atomic mass is 16.1. The molecule has 2 atom stereocenters. The van der Waals surface area contributed by atoms with Gasteiger partial charge in [0.05, 0.1) is 0 Å². The molecule has 1 aromatic rings. The fraction of sp³-hybridized carbons (Fsp3) is 0.619. The van der Waals surface area contributed by atoms with Gasteiger partial charge >= 0.3 is 0 Å². The molecule has 2 unspecified atom stereocenters. The van der Waals surface area contributed by atoms with E-state index in [4.69, 9.17) is 0 Å². The number of hydrogen-bond donors (Lipinski definition) is 0. The minimum Gasteiger partial charge on any atom is -0.370 e. The lowest BCUT2D eigenvalue weighted by atomic mass is 9.85. The second-order valence-corrected chi connectivity index (χ2v) is 7.56. The van der Waals surface area contributed by atoms with E-state index in [9.17, 15) is 9.59 Å². The molecule has 2 saturated carbocycles. The maximum atomic E-state index is 12.3. The van der Waals surface area contributed by atoms with Crippen LogP contribution in [-0.4, -0.2) is 24.7 Å². The Morgan fingerprint density at radius 1 is 0.833 bits per heavy atom. The highest BCUT2D eigenvalue weighted by Gasteiger charge is 2.28. The minimum absolute atomic E-state index is 0.138. The lowest BCUT2D eigenvalue weighted by molar-refractivity contribution is -0.124. The molecule has 2 fully saturated rings. The molecule has 1 aromatic carbocycles. The number of nitrogens with zero attached hydrogens (tertiary/aromatic N) is 1. The molecule has 0 amide bonds. The Kier molecular flexibility index (Phi) is 5.70. The number of benzene rings is 1. The Hall–Kier alpha value is -1.64. The Bertz CT molecular complexity index is 548. The molecular weight excluding hydrogens is 298 g/mol. The van der Waals surface area contributed by atoms with Gasteiger partial charge in [-0.2, -0.15) is 0 Å². The van der Waals surface area contributed by atoms with Crippen LogP contribution in [0.3, 0.4) is 0 Å². The van der Waals surface area contributed by atoms with Crippen molar-refractivity contribution in [2.45, 2.75) is 58.3 Å². The van der Waals surface area contributed by atoms with Gasteiger partial charge in [-0.25, -0.2) is 0 Å². The Morgan fingerprint density at radius 3 is 1.79 bits per heavy atom. The predicted molar refractivity (Wildman–Crippen MR) is 97.3 cm³/mol. The van der Waals surface area contributed by atoms with Gasteiger partial charge in [0, 0.05) is 43.5 Å². The number of rotatable bonds is 5. The van der Waals surface area contributed by atoms with Gasteiger partial charge in [-0.1, -0.05) is 30.5 Å². The van der Waals surface area contributed by atoms with E-state index in [-0.39, 0.29) is 11.8 Å². The van der Waals surface area contributed by atoms with Crippen LogP contribution in [0.2, 0.25) is 0 Å². The van der Waals surface area contributed by atoms with Crippen molar-refractivity contribution in [1.82, 2.24) is 0 Å². The van der Waals surface area contributed by atoms with Crippen molar-refractivity contribution in [3.05, 3.63) is 29.8 Å². The number of carbonyl (C=O) groups excluding carboxylic acids is 2. The Balaban J connectivity index is 1.75. The summed E-state index contributed by atoms with van der Waals surface area (Å²) in [5, 5.41) is 0. The molecular formula is C21H29NO2. The first kappa shape index (κ1) is 17.2. The zero-order valence-corrected chi connectivity index (χ0v) is 14.8. The third-order valence-corrected chi connectivity index (χ3v) is 5.64. The lowest BCUT2D eigenvalue weighted by Crippen LogP contribution is -2.40. The van der Waals surface area contributed by atoms with E-state index in [0.717, 1.165) is 70.1 Å². The number of carbonyl (C=O) groups is 2. The maximum absolute atomic E-state index is 12.3. The van der Waals surface area contributed by atoms with Crippen molar-refractivity contribution in [1.29, 1.82) is 0 Å². The van der Waals surface area contributed by atoms with E-state index >= 15 is 0 Å². The fourth-order valence-corrected chi connectivity index (χ4v) is 4.07. The third-order valence-electron chi connectivity index (χ3n) is 5.64. The van der Waals surface area contributed by atoms with Crippen LogP contribution in [0.1, 0.15) is 56.9 Å². The van der Waals surface area contributed by atoms with Gasteiger partial charge in [0.2, 0.25) is 0 Å². The quantitative estimate of drug-likeness (QED) is 0.808. The maximum Gasteiger partial charge on any atom is 0.137 e. The van der Waals surface area contributed by atoms with Crippen LogP contribution in [-0.2, 0) is 9.59 Å². The molecule has 0 bridgehead atoms. The first-order valence-corrected chi connectivity index (χ1v) is 9.50. The molecule has 130 valence electrons. The molecule has 24 heavy (non-hydrogen) atoms. The number of aryl methyl sites for hydroxylation is 1. The van der Waals surface area contributed by atoms with Gasteiger partial charge in [0.15, 0.2) is 0 Å². The predicted octanol–water partition coefficient (Wildman–Crippen LogP) is 4.32. The molecule has 0 heterocycles. The van der Waals surface area contributed by atoms with E-state index in [2.05, 4.69) is 36.1 Å². The van der Waals surface area contributed by atoms with Crippen LogP contribution in [0.4, 0.5) is 5.69 Å². The smallest absolute Gasteiger partial charge is 0.137 e. The summed E-state index contributed by atoms with van der Waals surface area (Å²) in [7, 11) is 0. The van der Waals surface area contributed by atoms with Gasteiger partial charge in [-0.3, -0.25) is 9.59 Å². The summed E-state index contributed by atoms with van der Waals surface area (Å²) in [6.07, 6.45) is 7.85. The minimum atomic E-state index is 0.138. The number of Topliss-reactive ketones (excluding diaryl/α,β-unsaturated/α-hetero) is 2. The molecule has 0 aliphatic heterocycles. The van der Waals surface area contributed by atoms with Crippen LogP contribution in [0.15, 0.2) is 24.3 Å². The fourth-order valence-electron chi connectivity index (χ4n) is 4.07. The van der Waals surface area contributed by atoms with Crippen LogP contribution >= 0.6 is 0 Å². The summed E-state index contributed by atoms with van der Waals surface area (Å²) in [5.74, 6) is 1.10. The van der Waals surface area contributed by atoms with Crippen molar-refractivity contribution in [3.8, 4) is 0 Å². The molecule has 0 aromatic heterocycles. The summed E-state index contributed by atoms with van der Waals surface area (Å²) in [5.41, 5.74) is 2.39. The molecule has 2 aliphatic rings. The normalized spacial score (nSPS) is 24.9. The third kappa shape index (κ3) is 4.25. The van der Waals surface area contributed by atoms with Gasteiger partial charge in [-0.15, -0.1) is 0 Å². The van der Waals surface area contributed by atoms with Crippen molar-refractivity contribution in [2.24, 2.45) is 11.8 Å². The van der Waals surface area contributed by atoms with Crippen molar-refractivity contribution in [3.63, 3.8) is 0 Å². The summed E-state index contributed by atoms with van der Waals surface area (Å²) >= 11 is 0. The average molecular weight is 327 g/mol. The second kappa shape index (κ2) is 7.96. The summed E-state index contributed by atoms with van der Waals surface area (Å²) < 4.78 is 0. The van der Waals surface area contributed by atoms with E-state index in [1.165, 1.54) is 5.56 Å². The van der Waals surface area contributed by atoms with Crippen LogP contribution in [0.25, 0.3) is 0 Å². The van der Waals surface area contributed by atoms with Crippen LogP contribution < -0.4 is 4.90 Å². The van der Waals surface area contributed by atoms with Gasteiger partial charge in [-0.05, 0) is 44.7 Å². The van der Waals surface area contributed by atoms with Crippen molar-refractivity contribution >= 4 is 17.3 Å². The molecule has 3 heteroatoms. The number of hydrogen-bond acceptors (Lipinski definition) is 3. The molecule has 3 rings (SSSR count). The zero-order valence-electron chi connectivity index (χ0n) is 14.8. The van der Waals surface area contributed by atoms with E-state index < -0.39 is 0 Å². The molecule has 0 N–H and O–H groups in total. The SMILES string of the molecule is Cc1ccc(N(CC2CCCCC2=O)CC2CCCCC2=O)cc1. The molecule has 2 aliphatic carbocycles. The topological polar surface area (TPSA) is 37.4 Å². The van der Waals surface area contributed by atoms with E-state index in [1.54, 1.807) is 0 Å². The largest absolute Gasteiger partial charge is 0.370 e. The Morgan fingerprint density at radius 2 is 1.33 bits per heavy atom. The van der Waals surface area contributed by atoms with E-state index in [0.29, 0.717) is 11.6 Å². The first-order valence-electron chi connectivity index (χ1n) is 9.50. The number of anilines is 1. The van der Waals surface area contributed by atoms with E-state index in [1.807, 2.05) is 0 Å². The lowest BCUT2D eigenvalue weighted by Gasteiger charge is -2.34. The second-order valence-electron chi connectivity index (χ2n) is 7.56. The molecule has 3 nitrogen and oxygen atoms in total. The van der Waals surface area contributed by atoms with Crippen molar-refractivity contribution < 1.29 is 9.59 Å². The van der Waals surface area contributed by atoms with Crippen LogP contribution in [0, 0.1) is 18.8 Å². The monoisotopic (exact) mass is 327 g/mol. The standard InChI is InChI=1S/C21H29NO2/c1-16-10-12-19(13-11-16)22(14-17-6-2-4-8-20(17)23)15-18-7-3-5-9-21(18)24/h10-13,17-18H,2-9,14-15H2,1H3. The molecule has 0 saturated heterocycles. The van der Waals surface area contributed by atoms with Gasteiger partial charge < -0.3 is 4.90 Å². The number of ketones is 2. The summed E-state index contributed by atoms with van der Waals surface area (Å²) in [6, 6.07) is 8.51. The van der Waals surface area contributed by atoms with Gasteiger partial charge in [0.1, 0.15) is 11.6 Å². The Labute approximate surface area is 145 Å². The van der Waals surface area contributed by atoms with Crippen molar-refractivity contribution in [2.75, 3.05) is 18.0 Å². The molecule has 0 spiro atoms. The summed E-state index contributed by atoms with van der Waals surface area (Å²) in [6.45, 7) is 3.63. The zero-order chi connectivity index (χ0) is 16.9. The average Bonchev–Trinajstić information content (AvgIpc) is 2.59. The molecule has 0 radical (unpaired) electrons. The summed E-state index contributed by atoms with van der Waals surface area (Å²) in [4.78, 5) is 26.9. The highest BCUT2D eigenvalue weighted by molar-refractivity contribution is 5.83. The highest BCUT2D eigenvalue weighted by Crippen LogP contribution is 2.28. The van der Waals surface area contributed by atoms with Crippen LogP contribution in [0.5, 0.6) is 0 Å².